The Labute approximate surface area is 206 Å². The van der Waals surface area contributed by atoms with Crippen molar-refractivity contribution in [3.05, 3.63) is 36.0 Å². The lowest BCUT2D eigenvalue weighted by molar-refractivity contribution is -0.137. The topological polar surface area (TPSA) is 120 Å². The van der Waals surface area contributed by atoms with Crippen LogP contribution in [-0.2, 0) is 11.2 Å². The molecule has 1 aromatic carbocycles. The number of benzene rings is 1. The van der Waals surface area contributed by atoms with Gasteiger partial charge in [0.1, 0.15) is 11.8 Å². The van der Waals surface area contributed by atoms with Crippen LogP contribution >= 0.6 is 0 Å². The molecule has 0 spiro atoms. The first kappa shape index (κ1) is 26.1. The Balaban J connectivity index is 1.74. The Hall–Kier alpha value is -3.56. The second-order valence-electron chi connectivity index (χ2n) is 8.85. The zero-order valence-electron chi connectivity index (χ0n) is 21.0. The largest absolute Gasteiger partial charge is 0.480 e. The van der Waals surface area contributed by atoms with Gasteiger partial charge < -0.3 is 30.3 Å². The minimum absolute atomic E-state index is 0.123. The first-order valence-electron chi connectivity index (χ1n) is 12.2. The van der Waals surface area contributed by atoms with E-state index in [9.17, 15) is 14.7 Å². The highest BCUT2D eigenvalue weighted by molar-refractivity contribution is 5.79. The first-order valence-corrected chi connectivity index (χ1v) is 12.2. The maximum atomic E-state index is 12.2. The normalized spacial score (nSPS) is 14.0. The lowest BCUT2D eigenvalue weighted by atomic mass is 10.1. The van der Waals surface area contributed by atoms with Crippen LogP contribution in [0.1, 0.15) is 46.1 Å². The van der Waals surface area contributed by atoms with Crippen LogP contribution in [0.5, 0.6) is 5.75 Å². The van der Waals surface area contributed by atoms with Crippen LogP contribution in [0.4, 0.5) is 22.2 Å². The molecule has 1 saturated heterocycles. The molecule has 3 N–H and O–H groups in total. The minimum Gasteiger partial charge on any atom is -0.480 e. The summed E-state index contributed by atoms with van der Waals surface area (Å²) < 4.78 is 5.44. The first-order chi connectivity index (χ1) is 16.8. The molecule has 1 atom stereocenters. The number of hydrogen-bond acceptors (Lipinski definition) is 8. The molecule has 10 nitrogen and oxygen atoms in total. The van der Waals surface area contributed by atoms with Crippen molar-refractivity contribution < 1.29 is 19.4 Å². The fraction of sp³-hybridized carbons (Fsp3) is 0.520. The van der Waals surface area contributed by atoms with Gasteiger partial charge in [-0.25, -0.2) is 14.6 Å². The van der Waals surface area contributed by atoms with Crippen LogP contribution in [0.15, 0.2) is 30.5 Å². The lowest BCUT2D eigenvalue weighted by Gasteiger charge is -2.23. The van der Waals surface area contributed by atoms with Crippen molar-refractivity contribution in [3.8, 4) is 5.75 Å². The molecule has 1 amide bonds. The van der Waals surface area contributed by atoms with Crippen LogP contribution in [0.25, 0.3) is 0 Å². The number of carbonyl (C=O) groups excluding carboxylic acids is 1. The Kier molecular flexibility index (Phi) is 9.11. The molecular formula is C25H36N6O4. The molecule has 1 aliphatic rings. The van der Waals surface area contributed by atoms with Crippen molar-refractivity contribution in [3.63, 3.8) is 0 Å². The highest BCUT2D eigenvalue weighted by atomic mass is 16.6. The second kappa shape index (κ2) is 12.2. The van der Waals surface area contributed by atoms with E-state index in [1.165, 1.54) is 0 Å². The molecule has 0 unspecified atom stereocenters. The van der Waals surface area contributed by atoms with Gasteiger partial charge in [-0.1, -0.05) is 12.1 Å². The number of carboxylic acid groups (broad SMARTS) is 1. The maximum Gasteiger partial charge on any atom is 0.415 e. The van der Waals surface area contributed by atoms with Crippen molar-refractivity contribution >= 4 is 29.5 Å². The van der Waals surface area contributed by atoms with Gasteiger partial charge in [0.25, 0.3) is 0 Å². The molecule has 3 rings (SSSR count). The summed E-state index contributed by atoms with van der Waals surface area (Å²) in [5.74, 6) is 0.431. The molecule has 1 aromatic heterocycles. The predicted molar refractivity (Wildman–Crippen MR) is 136 cm³/mol. The van der Waals surface area contributed by atoms with Gasteiger partial charge >= 0.3 is 12.1 Å². The van der Waals surface area contributed by atoms with Crippen molar-refractivity contribution in [2.24, 2.45) is 0 Å². The zero-order valence-corrected chi connectivity index (χ0v) is 21.0. The standard InChI is InChI=1S/C25H36N6O4/c1-5-30(6-2)24-26-16-21(27-17(3)4)22(29-24)28-20(23(32)33)15-18-9-11-19(12-10-18)35-25(34)31-13-7-8-14-31/h9-12,16-17,20,27H,5-8,13-15H2,1-4H3,(H,32,33)(H,26,28,29)/t20-/m0/s1. The van der Waals surface area contributed by atoms with Crippen molar-refractivity contribution in [1.29, 1.82) is 0 Å². The van der Waals surface area contributed by atoms with E-state index < -0.39 is 12.0 Å². The summed E-state index contributed by atoms with van der Waals surface area (Å²) in [6, 6.07) is 6.14. The molecule has 1 fully saturated rings. The van der Waals surface area contributed by atoms with Crippen molar-refractivity contribution in [2.45, 2.75) is 59.0 Å². The van der Waals surface area contributed by atoms with E-state index in [1.54, 1.807) is 35.4 Å². The number of nitrogens with one attached hydrogen (secondary N) is 2. The molecule has 190 valence electrons. The van der Waals surface area contributed by atoms with Crippen molar-refractivity contribution in [1.82, 2.24) is 14.9 Å². The maximum absolute atomic E-state index is 12.2. The molecule has 0 radical (unpaired) electrons. The third-order valence-corrected chi connectivity index (χ3v) is 5.81. The molecule has 2 heterocycles. The van der Waals surface area contributed by atoms with Crippen LogP contribution in [0.3, 0.4) is 0 Å². The Morgan fingerprint density at radius 3 is 2.34 bits per heavy atom. The molecule has 10 heteroatoms. The number of aliphatic carboxylic acids is 1. The molecule has 0 saturated carbocycles. The Morgan fingerprint density at radius 2 is 1.77 bits per heavy atom. The minimum atomic E-state index is -0.993. The second-order valence-corrected chi connectivity index (χ2v) is 8.85. The Morgan fingerprint density at radius 1 is 1.11 bits per heavy atom. The van der Waals surface area contributed by atoms with Crippen LogP contribution in [-0.4, -0.2) is 70.3 Å². The smallest absolute Gasteiger partial charge is 0.415 e. The number of carbonyl (C=O) groups is 2. The van der Waals surface area contributed by atoms with Gasteiger partial charge in [-0.15, -0.1) is 0 Å². The fourth-order valence-electron chi connectivity index (χ4n) is 3.92. The number of carboxylic acids is 1. The zero-order chi connectivity index (χ0) is 25.4. The van der Waals surface area contributed by atoms with Gasteiger partial charge in [0, 0.05) is 38.6 Å². The quantitative estimate of drug-likeness (QED) is 0.437. The third kappa shape index (κ3) is 7.21. The third-order valence-electron chi connectivity index (χ3n) is 5.81. The SMILES string of the molecule is CCN(CC)c1ncc(NC(C)C)c(N[C@@H](Cc2ccc(OC(=O)N3CCCC3)cc2)C(=O)O)n1. The van der Waals surface area contributed by atoms with Gasteiger partial charge in [-0.2, -0.15) is 4.98 Å². The Bertz CT molecular complexity index is 988. The van der Waals surface area contributed by atoms with E-state index in [-0.39, 0.29) is 18.6 Å². The number of amides is 1. The highest BCUT2D eigenvalue weighted by Crippen LogP contribution is 2.24. The molecular weight excluding hydrogens is 448 g/mol. The fourth-order valence-corrected chi connectivity index (χ4v) is 3.92. The van der Waals surface area contributed by atoms with Crippen LogP contribution in [0, 0.1) is 0 Å². The number of hydrogen-bond donors (Lipinski definition) is 3. The van der Waals surface area contributed by atoms with Crippen LogP contribution < -0.4 is 20.3 Å². The number of nitrogens with zero attached hydrogens (tertiary/aromatic N) is 4. The average Bonchev–Trinajstić information content (AvgIpc) is 3.37. The summed E-state index contributed by atoms with van der Waals surface area (Å²) in [7, 11) is 0. The van der Waals surface area contributed by atoms with Gasteiger partial charge in [0.15, 0.2) is 5.82 Å². The van der Waals surface area contributed by atoms with Gasteiger partial charge in [-0.3, -0.25) is 0 Å². The van der Waals surface area contributed by atoms with Crippen molar-refractivity contribution in [2.75, 3.05) is 41.7 Å². The predicted octanol–water partition coefficient (Wildman–Crippen LogP) is 3.85. The van der Waals surface area contributed by atoms with E-state index in [4.69, 9.17) is 4.74 Å². The van der Waals surface area contributed by atoms with E-state index in [0.29, 0.717) is 23.2 Å². The average molecular weight is 485 g/mol. The molecule has 0 aliphatic carbocycles. The monoisotopic (exact) mass is 484 g/mol. The molecule has 1 aliphatic heterocycles. The molecule has 0 bridgehead atoms. The van der Waals surface area contributed by atoms with Gasteiger partial charge in [0.05, 0.1) is 11.9 Å². The van der Waals surface area contributed by atoms with Crippen LogP contribution in [0.2, 0.25) is 0 Å². The van der Waals surface area contributed by atoms with E-state index in [1.807, 2.05) is 32.6 Å². The van der Waals surface area contributed by atoms with Gasteiger partial charge in [-0.05, 0) is 58.2 Å². The number of aromatic nitrogens is 2. The van der Waals surface area contributed by atoms with E-state index in [2.05, 4.69) is 20.6 Å². The molecule has 35 heavy (non-hydrogen) atoms. The number of likely N-dealkylation sites (tertiary alicyclic amines) is 1. The highest BCUT2D eigenvalue weighted by Gasteiger charge is 2.23. The lowest BCUT2D eigenvalue weighted by Crippen LogP contribution is -2.33. The summed E-state index contributed by atoms with van der Waals surface area (Å²) in [6.07, 6.45) is 3.55. The molecule has 2 aromatic rings. The van der Waals surface area contributed by atoms with E-state index in [0.717, 1.165) is 44.6 Å². The number of ether oxygens (including phenoxy) is 1. The summed E-state index contributed by atoms with van der Waals surface area (Å²) in [5, 5.41) is 16.3. The summed E-state index contributed by atoms with van der Waals surface area (Å²) in [5.41, 5.74) is 1.44. The summed E-state index contributed by atoms with van der Waals surface area (Å²) in [4.78, 5) is 37.1. The van der Waals surface area contributed by atoms with Gasteiger partial charge in [0.2, 0.25) is 5.95 Å². The summed E-state index contributed by atoms with van der Waals surface area (Å²) in [6.45, 7) is 10.9. The number of rotatable bonds is 11. The number of anilines is 3. The van der Waals surface area contributed by atoms with E-state index >= 15 is 0 Å². The summed E-state index contributed by atoms with van der Waals surface area (Å²) >= 11 is 0.